The molecule has 2 heterocycles. The van der Waals surface area contributed by atoms with Crippen LogP contribution in [0.1, 0.15) is 5.82 Å². The normalized spacial score (nSPS) is 10.8. The maximum Gasteiger partial charge on any atom is 0.151 e. The largest absolute Gasteiger partial charge is 0.378 e. The third-order valence-electron chi connectivity index (χ3n) is 3.99. The number of aromatic nitrogens is 5. The van der Waals surface area contributed by atoms with Crippen LogP contribution in [0.25, 0.3) is 16.8 Å². The number of hydrogen-bond donors (Lipinski definition) is 1. The van der Waals surface area contributed by atoms with Gasteiger partial charge in [0.1, 0.15) is 6.33 Å². The van der Waals surface area contributed by atoms with Crippen LogP contribution in [0.3, 0.4) is 0 Å². The van der Waals surface area contributed by atoms with Gasteiger partial charge < -0.3 is 5.32 Å². The maximum atomic E-state index is 4.35. The second kappa shape index (κ2) is 6.60. The van der Waals surface area contributed by atoms with E-state index in [0.717, 1.165) is 28.3 Å². The number of aryl methyl sites for hydroxylation is 1. The molecule has 0 saturated carbocycles. The van der Waals surface area contributed by atoms with Gasteiger partial charge >= 0.3 is 0 Å². The van der Waals surface area contributed by atoms with Gasteiger partial charge in [-0.15, -0.1) is 0 Å². The molecule has 0 fully saturated rings. The first-order valence-electron chi connectivity index (χ1n) is 8.07. The quantitative estimate of drug-likeness (QED) is 0.610. The van der Waals surface area contributed by atoms with Crippen molar-refractivity contribution in [2.24, 2.45) is 7.05 Å². The third kappa shape index (κ3) is 3.28. The molecule has 0 aliphatic carbocycles. The van der Waals surface area contributed by atoms with Crippen LogP contribution in [0.5, 0.6) is 0 Å². The minimum atomic E-state index is 0.598. The Kier molecular flexibility index (Phi) is 4.00. The first-order valence-corrected chi connectivity index (χ1v) is 8.07. The molecule has 0 aliphatic rings. The maximum absolute atomic E-state index is 4.35. The van der Waals surface area contributed by atoms with E-state index in [0.29, 0.717) is 6.54 Å². The zero-order chi connectivity index (χ0) is 17.1. The van der Waals surface area contributed by atoms with E-state index in [-0.39, 0.29) is 0 Å². The summed E-state index contributed by atoms with van der Waals surface area (Å²) >= 11 is 0. The Labute approximate surface area is 145 Å². The van der Waals surface area contributed by atoms with Crippen molar-refractivity contribution in [3.8, 4) is 16.8 Å². The lowest BCUT2D eigenvalue weighted by Gasteiger charge is -2.09. The zero-order valence-electron chi connectivity index (χ0n) is 13.9. The average Bonchev–Trinajstić information content (AvgIpc) is 3.30. The Morgan fingerprint density at radius 3 is 2.44 bits per heavy atom. The molecule has 0 aliphatic heterocycles. The summed E-state index contributed by atoms with van der Waals surface area (Å²) in [5.74, 6) is 0.863. The van der Waals surface area contributed by atoms with E-state index in [1.807, 2.05) is 54.5 Å². The lowest BCUT2D eigenvalue weighted by Crippen LogP contribution is -2.08. The van der Waals surface area contributed by atoms with Crippen LogP contribution >= 0.6 is 0 Å². The lowest BCUT2D eigenvalue weighted by molar-refractivity contribution is 0.768. The average molecular weight is 330 g/mol. The molecule has 2 aromatic carbocycles. The molecule has 0 amide bonds. The first-order chi connectivity index (χ1) is 12.3. The van der Waals surface area contributed by atoms with Gasteiger partial charge in [0.2, 0.25) is 0 Å². The van der Waals surface area contributed by atoms with Crippen LogP contribution in [0, 0.1) is 0 Å². The Bertz CT molecular complexity index is 953. The van der Waals surface area contributed by atoms with E-state index in [1.54, 1.807) is 11.0 Å². The molecule has 4 aromatic rings. The summed E-state index contributed by atoms with van der Waals surface area (Å²) in [6.07, 6.45) is 5.45. The summed E-state index contributed by atoms with van der Waals surface area (Å²) in [5.41, 5.74) is 4.29. The molecule has 0 spiro atoms. The van der Waals surface area contributed by atoms with Gasteiger partial charge in [0.15, 0.2) is 5.82 Å². The second-order valence-corrected chi connectivity index (χ2v) is 5.76. The fraction of sp³-hybridized carbons (Fsp3) is 0.105. The van der Waals surface area contributed by atoms with E-state index >= 15 is 0 Å². The van der Waals surface area contributed by atoms with Gasteiger partial charge in [-0.05, 0) is 29.8 Å². The molecule has 6 heteroatoms. The van der Waals surface area contributed by atoms with Gasteiger partial charge in [-0.3, -0.25) is 4.68 Å². The summed E-state index contributed by atoms with van der Waals surface area (Å²) in [6.45, 7) is 0.598. The highest BCUT2D eigenvalue weighted by atomic mass is 15.3. The predicted octanol–water partition coefficient (Wildman–Crippen LogP) is 3.28. The SMILES string of the molecule is Cn1cc(-c2ccc(NCc3ncnn3-c3ccccc3)cc2)cn1. The number of nitrogens with zero attached hydrogens (tertiary/aromatic N) is 5. The van der Waals surface area contributed by atoms with Crippen molar-refractivity contribution in [3.05, 3.63) is 79.1 Å². The summed E-state index contributed by atoms with van der Waals surface area (Å²) < 4.78 is 3.65. The van der Waals surface area contributed by atoms with Crippen molar-refractivity contribution in [2.45, 2.75) is 6.54 Å². The number of para-hydroxylation sites is 1. The molecular formula is C19H18N6. The fourth-order valence-electron chi connectivity index (χ4n) is 2.70. The molecule has 0 saturated heterocycles. The van der Waals surface area contributed by atoms with Gasteiger partial charge in [-0.1, -0.05) is 30.3 Å². The number of rotatable bonds is 5. The Morgan fingerprint density at radius 1 is 0.920 bits per heavy atom. The summed E-state index contributed by atoms with van der Waals surface area (Å²) in [6, 6.07) is 18.3. The van der Waals surface area contributed by atoms with E-state index < -0.39 is 0 Å². The number of nitrogens with one attached hydrogen (secondary N) is 1. The number of anilines is 1. The highest BCUT2D eigenvalue weighted by Gasteiger charge is 2.06. The van der Waals surface area contributed by atoms with Gasteiger partial charge in [-0.25, -0.2) is 9.67 Å². The molecule has 0 bridgehead atoms. The molecule has 0 radical (unpaired) electrons. The minimum absolute atomic E-state index is 0.598. The van der Waals surface area contributed by atoms with E-state index in [9.17, 15) is 0 Å². The molecule has 6 nitrogen and oxygen atoms in total. The summed E-state index contributed by atoms with van der Waals surface area (Å²) in [7, 11) is 1.92. The molecule has 2 aromatic heterocycles. The first kappa shape index (κ1) is 15.1. The Morgan fingerprint density at radius 2 is 1.72 bits per heavy atom. The van der Waals surface area contributed by atoms with E-state index in [2.05, 4.69) is 44.8 Å². The van der Waals surface area contributed by atoms with Gasteiger partial charge in [0.05, 0.1) is 18.4 Å². The predicted molar refractivity (Wildman–Crippen MR) is 97.3 cm³/mol. The molecule has 1 N–H and O–H groups in total. The standard InChI is InChI=1S/C19H18N6/c1-24-13-16(11-22-24)15-7-9-17(10-8-15)20-12-19-21-14-23-25(19)18-5-3-2-4-6-18/h2-11,13-14,20H,12H2,1H3. The van der Waals surface area contributed by atoms with Crippen molar-refractivity contribution < 1.29 is 0 Å². The number of benzene rings is 2. The van der Waals surface area contributed by atoms with Crippen LogP contribution in [-0.4, -0.2) is 24.5 Å². The fourth-order valence-corrected chi connectivity index (χ4v) is 2.70. The second-order valence-electron chi connectivity index (χ2n) is 5.76. The van der Waals surface area contributed by atoms with Crippen molar-refractivity contribution in [1.82, 2.24) is 24.5 Å². The van der Waals surface area contributed by atoms with Crippen LogP contribution in [0.4, 0.5) is 5.69 Å². The molecule has 25 heavy (non-hydrogen) atoms. The van der Waals surface area contributed by atoms with Crippen molar-refractivity contribution in [2.75, 3.05) is 5.32 Å². The Balaban J connectivity index is 1.47. The van der Waals surface area contributed by atoms with Gasteiger partial charge in [0.25, 0.3) is 0 Å². The molecule has 0 atom stereocenters. The third-order valence-corrected chi connectivity index (χ3v) is 3.99. The Hall–Kier alpha value is -3.41. The molecule has 124 valence electrons. The topological polar surface area (TPSA) is 60.6 Å². The van der Waals surface area contributed by atoms with Crippen LogP contribution in [-0.2, 0) is 13.6 Å². The van der Waals surface area contributed by atoms with Gasteiger partial charge in [-0.2, -0.15) is 10.2 Å². The minimum Gasteiger partial charge on any atom is -0.378 e. The lowest BCUT2D eigenvalue weighted by atomic mass is 10.1. The van der Waals surface area contributed by atoms with Crippen molar-refractivity contribution in [1.29, 1.82) is 0 Å². The summed E-state index contributed by atoms with van der Waals surface area (Å²) in [5, 5.41) is 11.9. The molecule has 0 unspecified atom stereocenters. The van der Waals surface area contributed by atoms with E-state index in [4.69, 9.17) is 0 Å². The number of hydrogen-bond acceptors (Lipinski definition) is 4. The molecule has 4 rings (SSSR count). The highest BCUT2D eigenvalue weighted by Crippen LogP contribution is 2.21. The van der Waals surface area contributed by atoms with Crippen LogP contribution < -0.4 is 5.32 Å². The molecular weight excluding hydrogens is 312 g/mol. The highest BCUT2D eigenvalue weighted by molar-refractivity contribution is 5.64. The van der Waals surface area contributed by atoms with Crippen LogP contribution in [0.2, 0.25) is 0 Å². The smallest absolute Gasteiger partial charge is 0.151 e. The van der Waals surface area contributed by atoms with Crippen LogP contribution in [0.15, 0.2) is 73.3 Å². The monoisotopic (exact) mass is 330 g/mol. The van der Waals surface area contributed by atoms with Crippen molar-refractivity contribution >= 4 is 5.69 Å². The zero-order valence-corrected chi connectivity index (χ0v) is 13.9. The summed E-state index contributed by atoms with van der Waals surface area (Å²) in [4.78, 5) is 4.35. The van der Waals surface area contributed by atoms with Gasteiger partial charge in [0, 0.05) is 24.5 Å². The van der Waals surface area contributed by atoms with E-state index in [1.165, 1.54) is 0 Å². The van der Waals surface area contributed by atoms with Crippen molar-refractivity contribution in [3.63, 3.8) is 0 Å².